The van der Waals surface area contributed by atoms with Crippen molar-refractivity contribution in [2.75, 3.05) is 13.6 Å². The van der Waals surface area contributed by atoms with Gasteiger partial charge in [0.15, 0.2) is 5.96 Å². The van der Waals surface area contributed by atoms with Crippen molar-refractivity contribution in [3.05, 3.63) is 0 Å². The molecule has 0 saturated heterocycles. The highest BCUT2D eigenvalue weighted by atomic mass is 15.2. The van der Waals surface area contributed by atoms with Crippen molar-refractivity contribution in [1.82, 2.24) is 4.90 Å². The molecule has 1 fully saturated rings. The molecule has 0 aromatic heterocycles. The van der Waals surface area contributed by atoms with Gasteiger partial charge in [-0.3, -0.25) is 0 Å². The zero-order valence-corrected chi connectivity index (χ0v) is 9.88. The van der Waals surface area contributed by atoms with E-state index >= 15 is 0 Å². The summed E-state index contributed by atoms with van der Waals surface area (Å²) in [6, 6.07) is 0. The maximum Gasteiger partial charge on any atom is 0.191 e. The minimum atomic E-state index is -0.0715. The second kappa shape index (κ2) is 4.20. The first-order valence-electron chi connectivity index (χ1n) is 5.45. The van der Waals surface area contributed by atoms with Crippen molar-refractivity contribution < 1.29 is 0 Å². The summed E-state index contributed by atoms with van der Waals surface area (Å²) >= 11 is 0. The van der Waals surface area contributed by atoms with Crippen LogP contribution in [0.3, 0.4) is 0 Å². The van der Waals surface area contributed by atoms with Crippen LogP contribution in [-0.4, -0.2) is 30.0 Å². The molecule has 0 atom stereocenters. The predicted octanol–water partition coefficient (Wildman–Crippen LogP) is 1.83. The molecule has 0 spiro atoms. The third kappa shape index (κ3) is 3.56. The van der Waals surface area contributed by atoms with E-state index < -0.39 is 0 Å². The summed E-state index contributed by atoms with van der Waals surface area (Å²) in [5.41, 5.74) is 5.83. The number of nitrogens with two attached hydrogens (primary N) is 1. The zero-order chi connectivity index (χ0) is 10.8. The first kappa shape index (κ1) is 11.3. The summed E-state index contributed by atoms with van der Waals surface area (Å²) in [5.74, 6) is 1.51. The molecular weight excluding hydrogens is 174 g/mol. The summed E-state index contributed by atoms with van der Waals surface area (Å²) < 4.78 is 0. The number of guanidine groups is 1. The number of hydrogen-bond acceptors (Lipinski definition) is 1. The van der Waals surface area contributed by atoms with Crippen molar-refractivity contribution in [3.63, 3.8) is 0 Å². The largest absolute Gasteiger partial charge is 0.370 e. The second-order valence-electron chi connectivity index (χ2n) is 5.32. The maximum absolute atomic E-state index is 5.91. The van der Waals surface area contributed by atoms with E-state index in [2.05, 4.69) is 30.7 Å². The van der Waals surface area contributed by atoms with E-state index in [9.17, 15) is 0 Å². The average molecular weight is 197 g/mol. The monoisotopic (exact) mass is 197 g/mol. The highest BCUT2D eigenvalue weighted by Crippen LogP contribution is 2.26. The van der Waals surface area contributed by atoms with Crippen LogP contribution in [0.4, 0.5) is 0 Å². The van der Waals surface area contributed by atoms with Gasteiger partial charge in [0, 0.05) is 13.6 Å². The molecule has 1 aliphatic carbocycles. The summed E-state index contributed by atoms with van der Waals surface area (Å²) in [4.78, 5) is 6.52. The van der Waals surface area contributed by atoms with Crippen molar-refractivity contribution in [2.45, 2.75) is 45.6 Å². The number of rotatable bonds is 2. The van der Waals surface area contributed by atoms with Crippen LogP contribution in [0.1, 0.15) is 40.0 Å². The van der Waals surface area contributed by atoms with E-state index in [0.29, 0.717) is 5.96 Å². The Labute approximate surface area is 87.4 Å². The Morgan fingerprint density at radius 3 is 2.36 bits per heavy atom. The van der Waals surface area contributed by atoms with Gasteiger partial charge in [-0.25, -0.2) is 4.99 Å². The molecule has 1 aliphatic rings. The highest BCUT2D eigenvalue weighted by Gasteiger charge is 2.20. The van der Waals surface area contributed by atoms with E-state index in [1.165, 1.54) is 19.3 Å². The van der Waals surface area contributed by atoms with E-state index in [1.807, 2.05) is 7.05 Å². The van der Waals surface area contributed by atoms with E-state index in [1.54, 1.807) is 0 Å². The number of hydrogen-bond donors (Lipinski definition) is 1. The van der Waals surface area contributed by atoms with Crippen molar-refractivity contribution in [1.29, 1.82) is 0 Å². The Morgan fingerprint density at radius 2 is 2.00 bits per heavy atom. The van der Waals surface area contributed by atoms with Crippen LogP contribution in [0.5, 0.6) is 0 Å². The number of nitrogens with zero attached hydrogens (tertiary/aromatic N) is 2. The smallest absolute Gasteiger partial charge is 0.191 e. The molecule has 2 N–H and O–H groups in total. The van der Waals surface area contributed by atoms with Gasteiger partial charge in [-0.05, 0) is 39.5 Å². The van der Waals surface area contributed by atoms with Gasteiger partial charge in [0.25, 0.3) is 0 Å². The zero-order valence-electron chi connectivity index (χ0n) is 9.88. The van der Waals surface area contributed by atoms with E-state index in [4.69, 9.17) is 5.73 Å². The third-order valence-electron chi connectivity index (χ3n) is 2.60. The molecule has 1 rings (SSSR count). The molecule has 0 aromatic rings. The molecular formula is C11H23N3. The molecule has 0 heterocycles. The van der Waals surface area contributed by atoms with Crippen molar-refractivity contribution >= 4 is 5.96 Å². The molecule has 3 heteroatoms. The fraction of sp³-hybridized carbons (Fsp3) is 0.909. The summed E-state index contributed by atoms with van der Waals surface area (Å²) in [6.45, 7) is 7.26. The first-order chi connectivity index (χ1) is 6.38. The molecule has 0 aromatic carbocycles. The average Bonchev–Trinajstić information content (AvgIpc) is 1.92. The van der Waals surface area contributed by atoms with Gasteiger partial charge in [0.05, 0.1) is 5.54 Å². The normalized spacial score (nSPS) is 19.3. The highest BCUT2D eigenvalue weighted by molar-refractivity contribution is 5.78. The van der Waals surface area contributed by atoms with Crippen LogP contribution in [0.25, 0.3) is 0 Å². The van der Waals surface area contributed by atoms with Crippen LogP contribution in [0.15, 0.2) is 4.99 Å². The van der Waals surface area contributed by atoms with Crippen LogP contribution in [0.2, 0.25) is 0 Å². The molecule has 3 nitrogen and oxygen atoms in total. The third-order valence-corrected chi connectivity index (χ3v) is 2.60. The van der Waals surface area contributed by atoms with Crippen LogP contribution in [-0.2, 0) is 0 Å². The minimum Gasteiger partial charge on any atom is -0.370 e. The van der Waals surface area contributed by atoms with Gasteiger partial charge < -0.3 is 10.6 Å². The molecule has 0 amide bonds. The summed E-state index contributed by atoms with van der Waals surface area (Å²) in [7, 11) is 2.03. The van der Waals surface area contributed by atoms with Gasteiger partial charge in [-0.15, -0.1) is 0 Å². The van der Waals surface area contributed by atoms with Gasteiger partial charge in [0.2, 0.25) is 0 Å². The van der Waals surface area contributed by atoms with E-state index in [0.717, 1.165) is 12.5 Å². The Bertz CT molecular complexity index is 211. The molecule has 1 saturated carbocycles. The Hall–Kier alpha value is -0.730. The number of aliphatic imine (C=N–C) groups is 1. The van der Waals surface area contributed by atoms with Gasteiger partial charge in [0.1, 0.15) is 0 Å². The molecule has 0 unspecified atom stereocenters. The fourth-order valence-electron chi connectivity index (χ4n) is 1.59. The topological polar surface area (TPSA) is 41.6 Å². The Morgan fingerprint density at radius 1 is 1.43 bits per heavy atom. The molecule has 0 radical (unpaired) electrons. The quantitative estimate of drug-likeness (QED) is 0.542. The standard InChI is InChI=1S/C11H23N3/c1-11(2,3)13-10(12)14(4)8-9-6-5-7-9/h9H,5-8H2,1-4H3,(H2,12,13). The molecule has 0 bridgehead atoms. The van der Waals surface area contributed by atoms with E-state index in [-0.39, 0.29) is 5.54 Å². The Kier molecular flexibility index (Phi) is 3.40. The van der Waals surface area contributed by atoms with Crippen LogP contribution >= 0.6 is 0 Å². The molecule has 82 valence electrons. The van der Waals surface area contributed by atoms with Crippen molar-refractivity contribution in [2.24, 2.45) is 16.6 Å². The fourth-order valence-corrected chi connectivity index (χ4v) is 1.59. The van der Waals surface area contributed by atoms with Crippen LogP contribution in [0, 0.1) is 5.92 Å². The lowest BCUT2D eigenvalue weighted by molar-refractivity contribution is 0.256. The van der Waals surface area contributed by atoms with Gasteiger partial charge in [-0.1, -0.05) is 6.42 Å². The predicted molar refractivity (Wildman–Crippen MR) is 61.3 cm³/mol. The minimum absolute atomic E-state index is 0.0715. The van der Waals surface area contributed by atoms with Gasteiger partial charge in [-0.2, -0.15) is 0 Å². The lowest BCUT2D eigenvalue weighted by atomic mass is 9.85. The summed E-state index contributed by atoms with van der Waals surface area (Å²) in [6.07, 6.45) is 4.09. The second-order valence-corrected chi connectivity index (χ2v) is 5.32. The van der Waals surface area contributed by atoms with Crippen molar-refractivity contribution in [3.8, 4) is 0 Å². The SMILES string of the molecule is CN(CC1CCC1)C(N)=NC(C)(C)C. The summed E-state index contributed by atoms with van der Waals surface area (Å²) in [5, 5.41) is 0. The lowest BCUT2D eigenvalue weighted by Crippen LogP contribution is -2.40. The Balaban J connectivity index is 2.42. The first-order valence-corrected chi connectivity index (χ1v) is 5.45. The van der Waals surface area contributed by atoms with Crippen LogP contribution < -0.4 is 5.73 Å². The maximum atomic E-state index is 5.91. The molecule has 14 heavy (non-hydrogen) atoms. The van der Waals surface area contributed by atoms with Gasteiger partial charge >= 0.3 is 0 Å². The lowest BCUT2D eigenvalue weighted by Gasteiger charge is -2.31. The molecule has 0 aliphatic heterocycles.